The highest BCUT2D eigenvalue weighted by molar-refractivity contribution is 5.75. The van der Waals surface area contributed by atoms with E-state index in [1.165, 1.54) is 0 Å². The zero-order valence-electron chi connectivity index (χ0n) is 10.8. The maximum absolute atomic E-state index is 11.2. The fourth-order valence-corrected chi connectivity index (χ4v) is 2.44. The molecular formula is C12H21N5O. The molecule has 0 saturated carbocycles. The molecule has 6 heteroatoms. The first-order valence-corrected chi connectivity index (χ1v) is 6.37. The molecular weight excluding hydrogens is 230 g/mol. The van der Waals surface area contributed by atoms with Gasteiger partial charge < -0.3 is 11.1 Å². The monoisotopic (exact) mass is 251 g/mol. The number of hydrogen-bond acceptors (Lipinski definition) is 4. The minimum absolute atomic E-state index is 0.274. The molecule has 100 valence electrons. The number of aromatic nitrogens is 2. The van der Waals surface area contributed by atoms with Crippen molar-refractivity contribution in [1.29, 1.82) is 0 Å². The molecule has 3 N–H and O–H groups in total. The van der Waals surface area contributed by atoms with Crippen molar-refractivity contribution in [3.8, 4) is 0 Å². The third kappa shape index (κ3) is 3.54. The number of aryl methyl sites for hydroxylation is 1. The first-order valence-electron chi connectivity index (χ1n) is 6.37. The van der Waals surface area contributed by atoms with Crippen LogP contribution in [-0.4, -0.2) is 46.3 Å². The third-order valence-electron chi connectivity index (χ3n) is 3.32. The van der Waals surface area contributed by atoms with Crippen LogP contribution in [0.2, 0.25) is 0 Å². The summed E-state index contributed by atoms with van der Waals surface area (Å²) in [5.41, 5.74) is 6.32. The van der Waals surface area contributed by atoms with Crippen LogP contribution in [0.15, 0.2) is 12.3 Å². The van der Waals surface area contributed by atoms with E-state index in [1.54, 1.807) is 4.68 Å². The van der Waals surface area contributed by atoms with E-state index in [1.807, 2.05) is 19.3 Å². The summed E-state index contributed by atoms with van der Waals surface area (Å²) < 4.78 is 1.78. The topological polar surface area (TPSA) is 76.2 Å². The number of rotatable bonds is 5. The largest absolute Gasteiger partial charge is 0.369 e. The van der Waals surface area contributed by atoms with Gasteiger partial charge in [-0.25, -0.2) is 0 Å². The molecule has 2 heterocycles. The molecule has 0 bridgehead atoms. The van der Waals surface area contributed by atoms with Crippen LogP contribution in [0.3, 0.4) is 0 Å². The van der Waals surface area contributed by atoms with Crippen molar-refractivity contribution in [2.24, 2.45) is 12.8 Å². The number of primary amides is 1. The molecule has 18 heavy (non-hydrogen) atoms. The molecule has 1 aliphatic heterocycles. The lowest BCUT2D eigenvalue weighted by Crippen LogP contribution is -2.46. The Morgan fingerprint density at radius 1 is 1.61 bits per heavy atom. The number of nitrogens with two attached hydrogens (primary N) is 1. The number of nitrogens with zero attached hydrogens (tertiary/aromatic N) is 3. The number of nitrogens with one attached hydrogen (secondary N) is 1. The van der Waals surface area contributed by atoms with Gasteiger partial charge in [-0.2, -0.15) is 5.10 Å². The van der Waals surface area contributed by atoms with Crippen molar-refractivity contribution in [3.63, 3.8) is 0 Å². The molecule has 0 aromatic carbocycles. The van der Waals surface area contributed by atoms with Gasteiger partial charge in [-0.3, -0.25) is 14.4 Å². The predicted molar refractivity (Wildman–Crippen MR) is 68.7 cm³/mol. The lowest BCUT2D eigenvalue weighted by Gasteiger charge is -2.33. The highest BCUT2D eigenvalue weighted by Gasteiger charge is 2.22. The van der Waals surface area contributed by atoms with Crippen LogP contribution >= 0.6 is 0 Å². The lowest BCUT2D eigenvalue weighted by molar-refractivity contribution is -0.120. The van der Waals surface area contributed by atoms with Crippen LogP contribution in [0.25, 0.3) is 0 Å². The van der Waals surface area contributed by atoms with E-state index in [0.717, 1.165) is 31.6 Å². The Kier molecular flexibility index (Phi) is 4.33. The fraction of sp³-hybridized carbons (Fsp3) is 0.667. The number of carbonyl (C=O) groups excluding carboxylic acids is 1. The number of piperidine rings is 1. The molecule has 1 fully saturated rings. The Morgan fingerprint density at radius 2 is 2.33 bits per heavy atom. The quantitative estimate of drug-likeness (QED) is 0.737. The molecule has 0 unspecified atom stereocenters. The van der Waals surface area contributed by atoms with Crippen LogP contribution in [0.5, 0.6) is 0 Å². The Morgan fingerprint density at radius 3 is 2.89 bits per heavy atom. The van der Waals surface area contributed by atoms with E-state index in [0.29, 0.717) is 19.1 Å². The highest BCUT2D eigenvalue weighted by atomic mass is 16.1. The van der Waals surface area contributed by atoms with Gasteiger partial charge in [0, 0.05) is 25.8 Å². The summed E-state index contributed by atoms with van der Waals surface area (Å²) in [6, 6.07) is 2.40. The van der Waals surface area contributed by atoms with Crippen molar-refractivity contribution in [2.75, 3.05) is 19.6 Å². The summed E-state index contributed by atoms with van der Waals surface area (Å²) in [6.07, 6.45) is 4.03. The normalized spacial score (nSPS) is 17.2. The predicted octanol–water partition coefficient (Wildman–Crippen LogP) is -0.541. The second kappa shape index (κ2) is 5.97. The van der Waals surface area contributed by atoms with Crippen LogP contribution in [0.4, 0.5) is 0 Å². The third-order valence-corrected chi connectivity index (χ3v) is 3.32. The van der Waals surface area contributed by atoms with Crippen molar-refractivity contribution in [1.82, 2.24) is 20.0 Å². The van der Waals surface area contributed by atoms with E-state index in [2.05, 4.69) is 15.3 Å². The number of amides is 1. The molecule has 1 aliphatic rings. The first-order chi connectivity index (χ1) is 8.65. The second-order valence-electron chi connectivity index (χ2n) is 4.83. The molecule has 6 nitrogen and oxygen atoms in total. The Balaban J connectivity index is 2.01. The molecule has 1 aromatic rings. The Bertz CT molecular complexity index is 397. The SMILES string of the molecule is Cn1ccc(CN(CC(N)=O)C2CCNCC2)n1. The molecule has 1 aromatic heterocycles. The molecule has 0 spiro atoms. The standard InChI is InChI=1S/C12H21N5O/c1-16-7-4-10(15-16)8-17(9-12(13)18)11-2-5-14-6-3-11/h4,7,11,14H,2-3,5-6,8-9H2,1H3,(H2,13,18). The van der Waals surface area contributed by atoms with Gasteiger partial charge in [-0.15, -0.1) is 0 Å². The Labute approximate surface area is 107 Å². The number of carbonyl (C=O) groups is 1. The van der Waals surface area contributed by atoms with Crippen LogP contribution in [0.1, 0.15) is 18.5 Å². The van der Waals surface area contributed by atoms with E-state index >= 15 is 0 Å². The maximum atomic E-state index is 11.2. The number of hydrogen-bond donors (Lipinski definition) is 2. The second-order valence-corrected chi connectivity index (χ2v) is 4.83. The first kappa shape index (κ1) is 13.0. The van der Waals surface area contributed by atoms with Gasteiger partial charge >= 0.3 is 0 Å². The van der Waals surface area contributed by atoms with Crippen LogP contribution in [-0.2, 0) is 18.4 Å². The fourth-order valence-electron chi connectivity index (χ4n) is 2.44. The van der Waals surface area contributed by atoms with E-state index in [9.17, 15) is 4.79 Å². The summed E-state index contributed by atoms with van der Waals surface area (Å²) in [5.74, 6) is -0.274. The average molecular weight is 251 g/mol. The van der Waals surface area contributed by atoms with Crippen molar-refractivity contribution >= 4 is 5.91 Å². The van der Waals surface area contributed by atoms with Gasteiger partial charge in [0.05, 0.1) is 12.2 Å². The zero-order valence-corrected chi connectivity index (χ0v) is 10.8. The van der Waals surface area contributed by atoms with Crippen molar-refractivity contribution < 1.29 is 4.79 Å². The summed E-state index contributed by atoms with van der Waals surface area (Å²) in [5, 5.41) is 7.69. The van der Waals surface area contributed by atoms with Gasteiger partial charge in [0.25, 0.3) is 0 Å². The van der Waals surface area contributed by atoms with Gasteiger partial charge in [-0.1, -0.05) is 0 Å². The smallest absolute Gasteiger partial charge is 0.231 e. The average Bonchev–Trinajstić information content (AvgIpc) is 2.75. The molecule has 0 aliphatic carbocycles. The summed E-state index contributed by atoms with van der Waals surface area (Å²) in [7, 11) is 1.90. The van der Waals surface area contributed by atoms with Crippen molar-refractivity contribution in [2.45, 2.75) is 25.4 Å². The summed E-state index contributed by atoms with van der Waals surface area (Å²) in [4.78, 5) is 13.3. The molecule has 1 amide bonds. The van der Waals surface area contributed by atoms with Crippen molar-refractivity contribution in [3.05, 3.63) is 18.0 Å². The van der Waals surface area contributed by atoms with E-state index < -0.39 is 0 Å². The molecule has 0 radical (unpaired) electrons. The zero-order chi connectivity index (χ0) is 13.0. The minimum atomic E-state index is -0.274. The van der Waals surface area contributed by atoms with Crippen LogP contribution < -0.4 is 11.1 Å². The summed E-state index contributed by atoms with van der Waals surface area (Å²) in [6.45, 7) is 3.00. The van der Waals surface area contributed by atoms with Gasteiger partial charge in [0.2, 0.25) is 5.91 Å². The molecule has 0 atom stereocenters. The Hall–Kier alpha value is -1.40. The van der Waals surface area contributed by atoms with E-state index in [4.69, 9.17) is 5.73 Å². The molecule has 1 saturated heterocycles. The highest BCUT2D eigenvalue weighted by Crippen LogP contribution is 2.14. The van der Waals surface area contributed by atoms with Gasteiger partial charge in [0.1, 0.15) is 0 Å². The molecule has 2 rings (SSSR count). The summed E-state index contributed by atoms with van der Waals surface area (Å²) >= 11 is 0. The lowest BCUT2D eigenvalue weighted by atomic mass is 10.0. The van der Waals surface area contributed by atoms with Crippen LogP contribution in [0, 0.1) is 0 Å². The van der Waals surface area contributed by atoms with Gasteiger partial charge in [-0.05, 0) is 32.0 Å². The van der Waals surface area contributed by atoms with E-state index in [-0.39, 0.29) is 5.91 Å². The minimum Gasteiger partial charge on any atom is -0.369 e. The van der Waals surface area contributed by atoms with Gasteiger partial charge in [0.15, 0.2) is 0 Å². The maximum Gasteiger partial charge on any atom is 0.231 e.